The van der Waals surface area contributed by atoms with Crippen LogP contribution in [0.5, 0.6) is 5.75 Å². The number of pyridine rings is 1. The second-order valence-electron chi connectivity index (χ2n) is 4.95. The molecule has 2 aromatic rings. The van der Waals surface area contributed by atoms with Crippen molar-refractivity contribution in [3.63, 3.8) is 0 Å². The maximum absolute atomic E-state index is 11.8. The second kappa shape index (κ2) is 6.83. The Kier molecular flexibility index (Phi) is 4.62. The third-order valence-corrected chi connectivity index (χ3v) is 4.05. The molecule has 5 nitrogen and oxygen atoms in total. The van der Waals surface area contributed by atoms with Crippen LogP contribution < -0.4 is 10.1 Å². The molecule has 3 rings (SSSR count). The third kappa shape index (κ3) is 3.37. The van der Waals surface area contributed by atoms with Crippen molar-refractivity contribution in [2.24, 2.45) is 0 Å². The first-order valence-electron chi connectivity index (χ1n) is 7.07. The number of benzene rings is 1. The van der Waals surface area contributed by atoms with E-state index in [1.54, 1.807) is 18.5 Å². The van der Waals surface area contributed by atoms with Crippen LogP contribution in [0.15, 0.2) is 47.2 Å². The minimum Gasteiger partial charge on any atom is -0.489 e. The number of aromatic nitrogens is 1. The van der Waals surface area contributed by atoms with Gasteiger partial charge in [-0.1, -0.05) is 15.9 Å². The molecule has 118 valence electrons. The van der Waals surface area contributed by atoms with E-state index in [1.807, 2.05) is 24.3 Å². The highest BCUT2D eigenvalue weighted by molar-refractivity contribution is 9.10. The summed E-state index contributed by atoms with van der Waals surface area (Å²) in [4.78, 5) is 15.9. The van der Waals surface area contributed by atoms with Crippen molar-refractivity contribution in [2.75, 3.05) is 25.6 Å². The molecule has 1 aromatic carbocycles. The fraction of sp³-hybridized carbons (Fsp3) is 0.176. The zero-order chi connectivity index (χ0) is 16.2. The number of carbonyl (C=O) groups is 1. The van der Waals surface area contributed by atoms with E-state index in [0.29, 0.717) is 24.4 Å². The quantitative estimate of drug-likeness (QED) is 0.829. The van der Waals surface area contributed by atoms with Gasteiger partial charge in [0.2, 0.25) is 0 Å². The summed E-state index contributed by atoms with van der Waals surface area (Å²) in [6.07, 6.45) is 5.21. The van der Waals surface area contributed by atoms with E-state index in [2.05, 4.69) is 26.2 Å². The van der Waals surface area contributed by atoms with E-state index in [0.717, 1.165) is 21.4 Å². The molecule has 0 amide bonds. The lowest BCUT2D eigenvalue weighted by atomic mass is 10.0. The molecule has 0 aliphatic carbocycles. The van der Waals surface area contributed by atoms with E-state index in [4.69, 9.17) is 9.47 Å². The Hall–Kier alpha value is -2.34. The molecule has 0 radical (unpaired) electrons. The Morgan fingerprint density at radius 3 is 3.13 bits per heavy atom. The summed E-state index contributed by atoms with van der Waals surface area (Å²) >= 11 is 3.44. The van der Waals surface area contributed by atoms with Crippen molar-refractivity contribution in [1.29, 1.82) is 0 Å². The zero-order valence-electron chi connectivity index (χ0n) is 12.5. The number of fused-ring (bicyclic) bond motifs is 1. The van der Waals surface area contributed by atoms with Crippen LogP contribution >= 0.6 is 15.9 Å². The highest BCUT2D eigenvalue weighted by Gasteiger charge is 2.16. The molecular formula is C17H15BrN2O3. The first kappa shape index (κ1) is 15.6. The van der Waals surface area contributed by atoms with Gasteiger partial charge < -0.3 is 14.8 Å². The van der Waals surface area contributed by atoms with Gasteiger partial charge in [0.05, 0.1) is 24.6 Å². The van der Waals surface area contributed by atoms with Crippen LogP contribution in [0.4, 0.5) is 5.69 Å². The van der Waals surface area contributed by atoms with Crippen molar-refractivity contribution in [1.82, 2.24) is 4.98 Å². The van der Waals surface area contributed by atoms with Gasteiger partial charge in [0.15, 0.2) is 0 Å². The van der Waals surface area contributed by atoms with E-state index in [-0.39, 0.29) is 5.97 Å². The monoisotopic (exact) mass is 374 g/mol. The molecule has 2 heterocycles. The number of methoxy groups -OCH3 is 1. The zero-order valence-corrected chi connectivity index (χ0v) is 14.1. The van der Waals surface area contributed by atoms with Gasteiger partial charge in [-0.15, -0.1) is 0 Å². The first-order valence-corrected chi connectivity index (χ1v) is 7.86. The molecule has 1 N–H and O–H groups in total. The standard InChI is InChI=1S/C17H15BrN2O3/c1-22-17(21)14-4-6-19-10-15(14)20-9-11-5-7-23-16-8-12(18)2-3-13(11)16/h2-6,8,10,20H,7,9H2,1H3. The molecule has 1 aromatic heterocycles. The maximum atomic E-state index is 11.8. The number of ether oxygens (including phenoxy) is 2. The van der Waals surface area contributed by atoms with Crippen LogP contribution in [0, 0.1) is 0 Å². The normalized spacial score (nSPS) is 12.7. The van der Waals surface area contributed by atoms with Gasteiger partial charge in [0, 0.05) is 22.8 Å². The topological polar surface area (TPSA) is 60.5 Å². The van der Waals surface area contributed by atoms with Crippen molar-refractivity contribution >= 4 is 33.2 Å². The van der Waals surface area contributed by atoms with Crippen molar-refractivity contribution in [3.8, 4) is 5.75 Å². The van der Waals surface area contributed by atoms with Gasteiger partial charge in [-0.2, -0.15) is 0 Å². The van der Waals surface area contributed by atoms with Gasteiger partial charge in [0.1, 0.15) is 12.4 Å². The SMILES string of the molecule is COC(=O)c1ccncc1NCC1=CCOc2cc(Br)ccc21. The number of nitrogens with one attached hydrogen (secondary N) is 1. The molecular weight excluding hydrogens is 360 g/mol. The Morgan fingerprint density at radius 1 is 1.43 bits per heavy atom. The van der Waals surface area contributed by atoms with Crippen LogP contribution in [0.3, 0.4) is 0 Å². The lowest BCUT2D eigenvalue weighted by Gasteiger charge is -2.20. The summed E-state index contributed by atoms with van der Waals surface area (Å²) in [5, 5.41) is 3.25. The molecule has 0 spiro atoms. The maximum Gasteiger partial charge on any atom is 0.340 e. The van der Waals surface area contributed by atoms with Crippen molar-refractivity contribution in [2.45, 2.75) is 0 Å². The predicted octanol–water partition coefficient (Wildman–Crippen LogP) is 3.52. The summed E-state index contributed by atoms with van der Waals surface area (Å²) in [7, 11) is 1.36. The van der Waals surface area contributed by atoms with Crippen molar-refractivity contribution in [3.05, 3.63) is 58.3 Å². The van der Waals surface area contributed by atoms with E-state index >= 15 is 0 Å². The number of hydrogen-bond acceptors (Lipinski definition) is 5. The Bertz CT molecular complexity index is 774. The lowest BCUT2D eigenvalue weighted by Crippen LogP contribution is -2.14. The predicted molar refractivity (Wildman–Crippen MR) is 91.7 cm³/mol. The first-order chi connectivity index (χ1) is 11.2. The number of rotatable bonds is 4. The summed E-state index contributed by atoms with van der Waals surface area (Å²) in [6.45, 7) is 1.09. The van der Waals surface area contributed by atoms with Gasteiger partial charge in [0.25, 0.3) is 0 Å². The minimum absolute atomic E-state index is 0.389. The highest BCUT2D eigenvalue weighted by Crippen LogP contribution is 2.32. The van der Waals surface area contributed by atoms with E-state index in [9.17, 15) is 4.79 Å². The fourth-order valence-corrected chi connectivity index (χ4v) is 2.74. The summed E-state index contributed by atoms with van der Waals surface area (Å²) in [6, 6.07) is 7.58. The number of nitrogens with zero attached hydrogens (tertiary/aromatic N) is 1. The Balaban J connectivity index is 1.80. The molecule has 0 bridgehead atoms. The number of halogens is 1. The van der Waals surface area contributed by atoms with Crippen LogP contribution in [0.1, 0.15) is 15.9 Å². The van der Waals surface area contributed by atoms with Crippen LogP contribution in [0.2, 0.25) is 0 Å². The van der Waals surface area contributed by atoms with Gasteiger partial charge in [-0.3, -0.25) is 4.98 Å². The van der Waals surface area contributed by atoms with Gasteiger partial charge in [-0.25, -0.2) is 4.79 Å². The molecule has 6 heteroatoms. The summed E-state index contributed by atoms with van der Waals surface area (Å²) in [5.41, 5.74) is 3.26. The molecule has 0 unspecified atom stereocenters. The number of carbonyl (C=O) groups excluding carboxylic acids is 1. The minimum atomic E-state index is -0.389. The van der Waals surface area contributed by atoms with Crippen LogP contribution in [-0.4, -0.2) is 31.2 Å². The molecule has 0 fully saturated rings. The third-order valence-electron chi connectivity index (χ3n) is 3.55. The fourth-order valence-electron chi connectivity index (χ4n) is 2.40. The van der Waals surface area contributed by atoms with E-state index in [1.165, 1.54) is 7.11 Å². The molecule has 23 heavy (non-hydrogen) atoms. The highest BCUT2D eigenvalue weighted by atomic mass is 79.9. The van der Waals surface area contributed by atoms with Gasteiger partial charge in [-0.05, 0) is 35.9 Å². The molecule has 0 saturated heterocycles. The second-order valence-corrected chi connectivity index (χ2v) is 5.86. The lowest BCUT2D eigenvalue weighted by molar-refractivity contribution is 0.0601. The largest absolute Gasteiger partial charge is 0.489 e. The number of hydrogen-bond donors (Lipinski definition) is 1. The molecule has 1 aliphatic rings. The summed E-state index contributed by atoms with van der Waals surface area (Å²) in [5.74, 6) is 0.457. The molecule has 0 saturated carbocycles. The van der Waals surface area contributed by atoms with Gasteiger partial charge >= 0.3 is 5.97 Å². The number of esters is 1. The van der Waals surface area contributed by atoms with E-state index < -0.39 is 0 Å². The smallest absolute Gasteiger partial charge is 0.340 e. The Labute approximate surface area is 142 Å². The number of anilines is 1. The van der Waals surface area contributed by atoms with Crippen molar-refractivity contribution < 1.29 is 14.3 Å². The molecule has 1 aliphatic heterocycles. The van der Waals surface area contributed by atoms with Crippen LogP contribution in [-0.2, 0) is 4.74 Å². The average Bonchev–Trinajstić information content (AvgIpc) is 2.59. The average molecular weight is 375 g/mol. The van der Waals surface area contributed by atoms with Crippen LogP contribution in [0.25, 0.3) is 5.57 Å². The Morgan fingerprint density at radius 2 is 2.30 bits per heavy atom. The molecule has 0 atom stereocenters. The summed E-state index contributed by atoms with van der Waals surface area (Å²) < 4.78 is 11.4.